The van der Waals surface area contributed by atoms with E-state index < -0.39 is 23.9 Å². The quantitative estimate of drug-likeness (QED) is 0.0351. The molecule has 2 aliphatic rings. The zero-order valence-electron chi connectivity index (χ0n) is 43.6. The minimum absolute atomic E-state index is 0.0594. The number of rotatable bonds is 44. The van der Waals surface area contributed by atoms with Gasteiger partial charge in [-0.15, -0.1) is 0 Å². The van der Waals surface area contributed by atoms with Gasteiger partial charge in [-0.3, -0.25) is 19.2 Å². The van der Waals surface area contributed by atoms with E-state index in [9.17, 15) is 19.2 Å². The lowest BCUT2D eigenvalue weighted by Gasteiger charge is -2.47. The van der Waals surface area contributed by atoms with Crippen LogP contribution in [0, 0.1) is 29.1 Å². The summed E-state index contributed by atoms with van der Waals surface area (Å²) in [5, 5.41) is 17.2. The molecule has 8 nitrogen and oxygen atoms in total. The zero-order chi connectivity index (χ0) is 48.5. The van der Waals surface area contributed by atoms with E-state index in [-0.39, 0.29) is 38.9 Å². The van der Waals surface area contributed by atoms with E-state index in [1.54, 1.807) is 0 Å². The van der Waals surface area contributed by atoms with Gasteiger partial charge in [-0.05, 0) is 80.5 Å². The van der Waals surface area contributed by atoms with Gasteiger partial charge < -0.3 is 19.7 Å². The first-order valence-electron chi connectivity index (χ1n) is 28.6. The summed E-state index contributed by atoms with van der Waals surface area (Å²) in [5.41, 5.74) is 0.526. The van der Waals surface area contributed by atoms with Crippen LogP contribution in [0.25, 0.3) is 0 Å². The molecule has 0 aromatic carbocycles. The van der Waals surface area contributed by atoms with Crippen LogP contribution in [0.2, 0.25) is 0 Å². The Bertz CT molecular complexity index is 1190. The van der Waals surface area contributed by atoms with Gasteiger partial charge in [0.05, 0.1) is 25.7 Å². The Morgan fingerprint density at radius 2 is 0.657 bits per heavy atom. The van der Waals surface area contributed by atoms with Gasteiger partial charge in [-0.1, -0.05) is 231 Å². The Balaban J connectivity index is 1.31. The standard InChI is InChI=1S/C59H104O8/c1-59(2,53-41-37-51(38-42-53)35-31-27-23-19-15-11-7-3-5-9-13-17-21-25-29-33-49-66-57(64)47-45-55(60)61)54-43-39-52(40-44-54)36-32-28-24-20-16-12-8-4-6-10-14-18-22-26-30-34-50-67-58(65)48-46-56(62)63/h29-30,33-34,51-54H,3-28,31-32,35-50H2,1-2H3,(H,60,61)(H,62,63)/b33-29+,34-30+. The number of carboxylic acid groups (broad SMARTS) is 2. The second-order valence-electron chi connectivity index (χ2n) is 21.7. The molecule has 0 amide bonds. The summed E-state index contributed by atoms with van der Waals surface area (Å²) in [7, 11) is 0. The first-order valence-corrected chi connectivity index (χ1v) is 28.6. The van der Waals surface area contributed by atoms with Crippen LogP contribution in [-0.4, -0.2) is 47.3 Å². The maximum absolute atomic E-state index is 11.4. The molecule has 0 aromatic rings. The second kappa shape index (κ2) is 41.2. The highest BCUT2D eigenvalue weighted by molar-refractivity contribution is 5.77. The van der Waals surface area contributed by atoms with Crippen molar-refractivity contribution in [2.75, 3.05) is 13.2 Å². The lowest BCUT2D eigenvalue weighted by Crippen LogP contribution is -2.37. The molecule has 8 heteroatoms. The Labute approximate surface area is 411 Å². The minimum atomic E-state index is -0.972. The summed E-state index contributed by atoms with van der Waals surface area (Å²) in [6.07, 6.45) is 59.9. The summed E-state index contributed by atoms with van der Waals surface area (Å²) in [6.45, 7) is 5.79. The molecular formula is C59H104O8. The van der Waals surface area contributed by atoms with Gasteiger partial charge >= 0.3 is 23.9 Å². The van der Waals surface area contributed by atoms with Crippen molar-refractivity contribution in [3.05, 3.63) is 24.3 Å². The number of allylic oxidation sites excluding steroid dienone is 2. The highest BCUT2D eigenvalue weighted by atomic mass is 16.5. The van der Waals surface area contributed by atoms with Crippen LogP contribution in [0.5, 0.6) is 0 Å². The molecule has 0 bridgehead atoms. The molecule has 0 heterocycles. The van der Waals surface area contributed by atoms with Crippen LogP contribution in [-0.2, 0) is 28.7 Å². The second-order valence-corrected chi connectivity index (χ2v) is 21.7. The van der Waals surface area contributed by atoms with Gasteiger partial charge in [0, 0.05) is 0 Å². The Kier molecular flexibility index (Phi) is 37.2. The summed E-state index contributed by atoms with van der Waals surface area (Å²) in [6, 6.07) is 0. The molecule has 0 unspecified atom stereocenters. The number of carbonyl (C=O) groups excluding carboxylic acids is 2. The maximum atomic E-state index is 11.4. The van der Waals surface area contributed by atoms with Crippen LogP contribution in [0.15, 0.2) is 24.3 Å². The third kappa shape index (κ3) is 34.3. The molecule has 2 rings (SSSR count). The van der Waals surface area contributed by atoms with Crippen molar-refractivity contribution in [3.8, 4) is 0 Å². The molecule has 388 valence electrons. The van der Waals surface area contributed by atoms with Gasteiger partial charge in [-0.2, -0.15) is 0 Å². The number of ether oxygens (including phenoxy) is 2. The Morgan fingerprint density at radius 1 is 0.388 bits per heavy atom. The Hall–Kier alpha value is -2.64. The summed E-state index contributed by atoms with van der Waals surface area (Å²) < 4.78 is 10.0. The van der Waals surface area contributed by atoms with E-state index in [0.717, 1.165) is 36.5 Å². The predicted octanol–water partition coefficient (Wildman–Crippen LogP) is 17.3. The van der Waals surface area contributed by atoms with Crippen molar-refractivity contribution in [3.63, 3.8) is 0 Å². The van der Waals surface area contributed by atoms with E-state index >= 15 is 0 Å². The number of carbonyl (C=O) groups is 4. The smallest absolute Gasteiger partial charge is 0.306 e. The topological polar surface area (TPSA) is 127 Å². The maximum Gasteiger partial charge on any atom is 0.306 e. The van der Waals surface area contributed by atoms with Gasteiger partial charge in [0.25, 0.3) is 0 Å². The van der Waals surface area contributed by atoms with Crippen LogP contribution in [0.4, 0.5) is 0 Å². The van der Waals surface area contributed by atoms with Gasteiger partial charge in [-0.25, -0.2) is 0 Å². The first-order chi connectivity index (χ1) is 32.6. The first kappa shape index (κ1) is 60.5. The third-order valence-corrected chi connectivity index (χ3v) is 15.9. The highest BCUT2D eigenvalue weighted by Gasteiger charge is 2.40. The average Bonchev–Trinajstić information content (AvgIpc) is 3.31. The van der Waals surface area contributed by atoms with Crippen molar-refractivity contribution in [2.45, 2.75) is 284 Å². The van der Waals surface area contributed by atoms with Crippen LogP contribution < -0.4 is 0 Å². The van der Waals surface area contributed by atoms with Crippen molar-refractivity contribution < 1.29 is 38.9 Å². The molecule has 0 spiro atoms. The number of hydrogen-bond acceptors (Lipinski definition) is 6. The van der Waals surface area contributed by atoms with Crippen LogP contribution in [0.3, 0.4) is 0 Å². The molecule has 67 heavy (non-hydrogen) atoms. The average molecular weight is 941 g/mol. The normalized spacial score (nSPS) is 19.0. The number of unbranched alkanes of at least 4 members (excludes halogenated alkanes) is 26. The predicted molar refractivity (Wildman–Crippen MR) is 277 cm³/mol. The molecule has 2 aliphatic carbocycles. The molecule has 0 aromatic heterocycles. The van der Waals surface area contributed by atoms with Crippen LogP contribution >= 0.6 is 0 Å². The summed E-state index contributed by atoms with van der Waals surface area (Å²) >= 11 is 0. The number of carboxylic acids is 2. The van der Waals surface area contributed by atoms with E-state index in [1.165, 1.54) is 231 Å². The molecule has 2 fully saturated rings. The van der Waals surface area contributed by atoms with Gasteiger partial charge in [0.1, 0.15) is 13.2 Å². The number of aliphatic carboxylic acids is 2. The van der Waals surface area contributed by atoms with Crippen molar-refractivity contribution in [1.29, 1.82) is 0 Å². The SMILES string of the molecule is CC(C)(C1CCC(CCCCCCCCCCCCCCC/C=C/COC(=O)CCC(=O)O)CC1)C1CCC(CCCCCCCCCCCCCCC/C=C/COC(=O)CCC(=O)O)CC1. The molecule has 2 N–H and O–H groups in total. The van der Waals surface area contributed by atoms with Crippen molar-refractivity contribution in [1.82, 2.24) is 0 Å². The highest BCUT2D eigenvalue weighted by Crippen LogP contribution is 2.50. The third-order valence-electron chi connectivity index (χ3n) is 15.9. The number of esters is 2. The molecule has 0 aliphatic heterocycles. The summed E-state index contributed by atoms with van der Waals surface area (Å²) in [4.78, 5) is 43.7. The Morgan fingerprint density at radius 3 is 0.940 bits per heavy atom. The van der Waals surface area contributed by atoms with E-state index in [1.807, 2.05) is 12.2 Å². The number of hydrogen-bond donors (Lipinski definition) is 2. The fourth-order valence-corrected chi connectivity index (χ4v) is 11.2. The lowest BCUT2D eigenvalue weighted by atomic mass is 9.59. The van der Waals surface area contributed by atoms with Crippen LogP contribution in [0.1, 0.15) is 284 Å². The minimum Gasteiger partial charge on any atom is -0.481 e. The van der Waals surface area contributed by atoms with Crippen molar-refractivity contribution in [2.24, 2.45) is 29.1 Å². The van der Waals surface area contributed by atoms with E-state index in [0.29, 0.717) is 5.41 Å². The van der Waals surface area contributed by atoms with Gasteiger partial charge in [0.15, 0.2) is 0 Å². The van der Waals surface area contributed by atoms with E-state index in [4.69, 9.17) is 19.7 Å². The largest absolute Gasteiger partial charge is 0.481 e. The molecule has 2 saturated carbocycles. The van der Waals surface area contributed by atoms with Gasteiger partial charge in [0.2, 0.25) is 0 Å². The zero-order valence-corrected chi connectivity index (χ0v) is 43.6. The molecule has 0 atom stereocenters. The van der Waals surface area contributed by atoms with E-state index in [2.05, 4.69) is 26.0 Å². The molecule has 0 radical (unpaired) electrons. The fourth-order valence-electron chi connectivity index (χ4n) is 11.2. The monoisotopic (exact) mass is 941 g/mol. The van der Waals surface area contributed by atoms with Crippen molar-refractivity contribution >= 4 is 23.9 Å². The summed E-state index contributed by atoms with van der Waals surface area (Å²) in [5.74, 6) is 1.05. The molecule has 0 saturated heterocycles. The molecular weight excluding hydrogens is 837 g/mol. The fraction of sp³-hybridized carbons (Fsp3) is 0.864. The lowest BCUT2D eigenvalue weighted by molar-refractivity contribution is -0.146.